The number of rotatable bonds is 18. The number of hydrogen-bond donors (Lipinski definition) is 0. The van der Waals surface area contributed by atoms with Crippen LogP contribution in [0.4, 0.5) is 0 Å². The molecule has 1 fully saturated rings. The van der Waals surface area contributed by atoms with Crippen LogP contribution in [0.15, 0.2) is 103 Å². The molecule has 3 aromatic rings. The largest absolute Gasteiger partial charge is 0.415 e. The summed E-state index contributed by atoms with van der Waals surface area (Å²) in [5.41, 5.74) is 1.01. The fourth-order valence-corrected chi connectivity index (χ4v) is 12.3. The van der Waals surface area contributed by atoms with Crippen molar-refractivity contribution < 1.29 is 27.9 Å². The van der Waals surface area contributed by atoms with Crippen molar-refractivity contribution in [1.82, 2.24) is 4.90 Å². The van der Waals surface area contributed by atoms with Crippen LogP contribution in [-0.4, -0.2) is 79.9 Å². The molecule has 0 spiro atoms. The Bertz CT molecular complexity index is 1480. The van der Waals surface area contributed by atoms with Crippen LogP contribution >= 0.6 is 0 Å². The van der Waals surface area contributed by atoms with Crippen molar-refractivity contribution in [3.05, 3.63) is 109 Å². The summed E-state index contributed by atoms with van der Waals surface area (Å²) in [5.74, 6) is -0.405. The molecule has 7 nitrogen and oxygen atoms in total. The minimum absolute atomic E-state index is 0.00690. The molecule has 0 N–H and O–H groups in total. The summed E-state index contributed by atoms with van der Waals surface area (Å²) in [6.45, 7) is 20.4. The van der Waals surface area contributed by atoms with Gasteiger partial charge in [-0.05, 0) is 51.9 Å². The van der Waals surface area contributed by atoms with E-state index in [-0.39, 0.29) is 41.3 Å². The quantitative estimate of drug-likeness (QED) is 0.0570. The second-order valence-corrected chi connectivity index (χ2v) is 25.6. The lowest BCUT2D eigenvalue weighted by atomic mass is 10.0. The van der Waals surface area contributed by atoms with E-state index in [1.165, 1.54) is 10.4 Å². The molecule has 1 amide bonds. The number of ether oxygens (including phenoxy) is 3. The number of hydrogen-bond acceptors (Lipinski definition) is 6. The molecule has 0 unspecified atom stereocenters. The molecule has 0 radical (unpaired) electrons. The van der Waals surface area contributed by atoms with Gasteiger partial charge >= 0.3 is 0 Å². The molecule has 52 heavy (non-hydrogen) atoms. The summed E-state index contributed by atoms with van der Waals surface area (Å²) in [6, 6.07) is 31.3. The first kappa shape index (κ1) is 41.9. The molecule has 1 aliphatic heterocycles. The van der Waals surface area contributed by atoms with Crippen LogP contribution in [0.2, 0.25) is 23.2 Å². The molecule has 0 aliphatic carbocycles. The zero-order valence-corrected chi connectivity index (χ0v) is 35.1. The van der Waals surface area contributed by atoms with Crippen molar-refractivity contribution in [2.45, 2.75) is 96.3 Å². The Morgan fingerprint density at radius 1 is 0.846 bits per heavy atom. The van der Waals surface area contributed by atoms with Crippen molar-refractivity contribution in [3.8, 4) is 0 Å². The molecule has 3 atom stereocenters. The molecular weight excluding hydrogens is 683 g/mol. The average Bonchev–Trinajstić information content (AvgIpc) is 3.60. The number of amides is 1. The molecular formula is C43H63NO6Si2. The third-order valence-electron chi connectivity index (χ3n) is 10.7. The third-order valence-corrected chi connectivity index (χ3v) is 20.2. The monoisotopic (exact) mass is 745 g/mol. The predicted octanol–water partition coefficient (Wildman–Crippen LogP) is 7.95. The van der Waals surface area contributed by atoms with Crippen LogP contribution in [0.25, 0.3) is 0 Å². The van der Waals surface area contributed by atoms with Crippen molar-refractivity contribution in [2.75, 3.05) is 40.3 Å². The van der Waals surface area contributed by atoms with Gasteiger partial charge in [0.15, 0.2) is 8.32 Å². The van der Waals surface area contributed by atoms with E-state index in [0.717, 1.165) is 18.4 Å². The Labute approximate surface area is 315 Å². The minimum Gasteiger partial charge on any atom is -0.415 e. The van der Waals surface area contributed by atoms with Gasteiger partial charge < -0.3 is 28.0 Å². The Morgan fingerprint density at radius 2 is 1.42 bits per heavy atom. The van der Waals surface area contributed by atoms with Crippen LogP contribution in [0, 0.1) is 5.92 Å². The Balaban J connectivity index is 1.64. The van der Waals surface area contributed by atoms with Crippen LogP contribution in [0.1, 0.15) is 59.9 Å². The summed E-state index contributed by atoms with van der Waals surface area (Å²) in [4.78, 5) is 16.7. The highest BCUT2D eigenvalue weighted by atomic mass is 28.4. The highest BCUT2D eigenvalue weighted by molar-refractivity contribution is 6.99. The van der Waals surface area contributed by atoms with Crippen LogP contribution in [0.5, 0.6) is 0 Å². The van der Waals surface area contributed by atoms with E-state index in [0.29, 0.717) is 26.4 Å². The first-order chi connectivity index (χ1) is 24.7. The van der Waals surface area contributed by atoms with Gasteiger partial charge in [0.2, 0.25) is 0 Å². The van der Waals surface area contributed by atoms with Gasteiger partial charge in [0.1, 0.15) is 12.9 Å². The second kappa shape index (κ2) is 18.9. The van der Waals surface area contributed by atoms with E-state index in [9.17, 15) is 4.79 Å². The van der Waals surface area contributed by atoms with E-state index in [2.05, 4.69) is 121 Å². The lowest BCUT2D eigenvalue weighted by molar-refractivity contribution is -0.152. The van der Waals surface area contributed by atoms with Gasteiger partial charge in [0.25, 0.3) is 14.2 Å². The van der Waals surface area contributed by atoms with E-state index in [4.69, 9.17) is 23.1 Å². The maximum absolute atomic E-state index is 14.7. The van der Waals surface area contributed by atoms with Crippen LogP contribution in [-0.2, 0) is 34.5 Å². The number of carbonyl (C=O) groups is 1. The summed E-state index contributed by atoms with van der Waals surface area (Å²) >= 11 is 0. The zero-order chi connectivity index (χ0) is 37.8. The number of likely N-dealkylation sites (tertiary alicyclic amines) is 1. The summed E-state index contributed by atoms with van der Waals surface area (Å²) in [6.07, 6.45) is 5.19. The molecule has 0 bridgehead atoms. The van der Waals surface area contributed by atoms with Crippen molar-refractivity contribution >= 4 is 32.9 Å². The first-order valence-electron chi connectivity index (χ1n) is 18.8. The minimum atomic E-state index is -2.75. The Hall–Kier alpha value is -2.90. The standard InChI is InChI=1S/C43H63NO6Si2/c1-42(2,3)51(8,9)50-33-37-24-19-29-44(37)41(45)40(48-31-35-21-13-10-14-22-35)36(32-47-34-46-7)23-20-30-49-52(43(4,5)6,38-25-15-11-16-26-38)39-27-17-12-18-28-39/h10-18,20-23,25-28,36-37,40H,19,24,29-34H2,1-9H3/b23-20+/t36-,37+,40+/m1/s1. The number of carbonyl (C=O) groups excluding carboxylic acids is 1. The molecule has 4 rings (SSSR count). The molecule has 3 aromatic carbocycles. The molecule has 9 heteroatoms. The molecule has 284 valence electrons. The topological polar surface area (TPSA) is 66.5 Å². The summed E-state index contributed by atoms with van der Waals surface area (Å²) in [5, 5.41) is 2.38. The molecule has 1 aliphatic rings. The van der Waals surface area contributed by atoms with Gasteiger partial charge in [-0.1, -0.05) is 145 Å². The number of methoxy groups -OCH3 is 1. The SMILES string of the molecule is COCOC[C@@H](/C=C/CO[Si](c1ccccc1)(c1ccccc1)C(C)(C)C)[C@H](OCc1ccccc1)C(=O)N1CCC[C@H]1CO[Si](C)(C)C(C)(C)C. The lowest BCUT2D eigenvalue weighted by Crippen LogP contribution is -2.66. The number of benzene rings is 3. The smallest absolute Gasteiger partial charge is 0.261 e. The van der Waals surface area contributed by atoms with E-state index in [1.54, 1.807) is 7.11 Å². The molecule has 1 saturated heterocycles. The zero-order valence-electron chi connectivity index (χ0n) is 33.1. The van der Waals surface area contributed by atoms with Gasteiger partial charge in [-0.25, -0.2) is 0 Å². The van der Waals surface area contributed by atoms with Crippen molar-refractivity contribution in [2.24, 2.45) is 5.92 Å². The third kappa shape index (κ3) is 10.6. The highest BCUT2D eigenvalue weighted by Gasteiger charge is 2.50. The van der Waals surface area contributed by atoms with Gasteiger partial charge in [-0.3, -0.25) is 4.79 Å². The number of nitrogens with zero attached hydrogens (tertiary/aromatic N) is 1. The molecule has 0 saturated carbocycles. The Kier molecular flexibility index (Phi) is 15.2. The molecule has 1 heterocycles. The normalized spacial score (nSPS) is 17.1. The fraction of sp³-hybridized carbons (Fsp3) is 0.512. The summed E-state index contributed by atoms with van der Waals surface area (Å²) in [7, 11) is -3.14. The van der Waals surface area contributed by atoms with Gasteiger partial charge in [-0.2, -0.15) is 0 Å². The van der Waals surface area contributed by atoms with Crippen molar-refractivity contribution in [3.63, 3.8) is 0 Å². The van der Waals surface area contributed by atoms with E-state index < -0.39 is 22.7 Å². The summed E-state index contributed by atoms with van der Waals surface area (Å²) < 4.78 is 31.6. The maximum Gasteiger partial charge on any atom is 0.261 e. The van der Waals surface area contributed by atoms with Gasteiger partial charge in [0.05, 0.1) is 32.5 Å². The fourth-order valence-electron chi connectivity index (χ4n) is 6.80. The van der Waals surface area contributed by atoms with Gasteiger partial charge in [0, 0.05) is 19.6 Å². The van der Waals surface area contributed by atoms with Crippen molar-refractivity contribution in [1.29, 1.82) is 0 Å². The molecule has 0 aromatic heterocycles. The first-order valence-corrected chi connectivity index (χ1v) is 23.6. The Morgan fingerprint density at radius 3 is 1.96 bits per heavy atom. The van der Waals surface area contributed by atoms with E-state index >= 15 is 0 Å². The second-order valence-electron chi connectivity index (χ2n) is 16.5. The highest BCUT2D eigenvalue weighted by Crippen LogP contribution is 2.38. The maximum atomic E-state index is 14.7. The lowest BCUT2D eigenvalue weighted by Gasteiger charge is -2.42. The van der Waals surface area contributed by atoms with Gasteiger partial charge in [-0.15, -0.1) is 0 Å². The van der Waals surface area contributed by atoms with Crippen LogP contribution in [0.3, 0.4) is 0 Å². The van der Waals surface area contributed by atoms with Crippen LogP contribution < -0.4 is 10.4 Å². The predicted molar refractivity (Wildman–Crippen MR) is 217 cm³/mol. The average molecular weight is 746 g/mol. The van der Waals surface area contributed by atoms with E-state index in [1.807, 2.05) is 41.3 Å².